The van der Waals surface area contributed by atoms with Gasteiger partial charge in [-0.3, -0.25) is 4.79 Å². The number of hydrogen-bond acceptors (Lipinski definition) is 3. The number of carbonyl (C=O) groups excluding carboxylic acids is 1. The number of rotatable bonds is 3. The molecule has 0 aromatic heterocycles. The Balaban J connectivity index is 1.87. The van der Waals surface area contributed by atoms with E-state index in [2.05, 4.69) is 5.32 Å². The summed E-state index contributed by atoms with van der Waals surface area (Å²) in [5.74, 6) is 1.33. The highest BCUT2D eigenvalue weighted by atomic mass is 32.2. The van der Waals surface area contributed by atoms with E-state index in [0.29, 0.717) is 5.75 Å². The third-order valence-electron chi connectivity index (χ3n) is 2.60. The van der Waals surface area contributed by atoms with E-state index in [-0.39, 0.29) is 11.9 Å². The van der Waals surface area contributed by atoms with Crippen LogP contribution in [-0.4, -0.2) is 34.7 Å². The van der Waals surface area contributed by atoms with Crippen LogP contribution in [0.4, 0.5) is 0 Å². The summed E-state index contributed by atoms with van der Waals surface area (Å²) in [5, 5.41) is 12.4. The van der Waals surface area contributed by atoms with E-state index >= 15 is 0 Å². The van der Waals surface area contributed by atoms with Gasteiger partial charge in [0.05, 0.1) is 12.1 Å². The molecule has 4 heteroatoms. The van der Waals surface area contributed by atoms with E-state index in [1.807, 2.05) is 30.3 Å². The van der Waals surface area contributed by atoms with E-state index < -0.39 is 6.10 Å². The summed E-state index contributed by atoms with van der Waals surface area (Å²) in [5.41, 5.74) is 0.990. The van der Waals surface area contributed by atoms with Gasteiger partial charge in [-0.05, 0) is 11.6 Å². The van der Waals surface area contributed by atoms with Gasteiger partial charge in [0.25, 0.3) is 0 Å². The maximum Gasteiger partial charge on any atom is 0.244 e. The van der Waals surface area contributed by atoms with Gasteiger partial charge in [-0.2, -0.15) is 11.8 Å². The minimum absolute atomic E-state index is 0.118. The highest BCUT2D eigenvalue weighted by molar-refractivity contribution is 7.99. The second-order valence-corrected chi connectivity index (χ2v) is 5.04. The van der Waals surface area contributed by atoms with Crippen molar-refractivity contribution in [1.82, 2.24) is 5.32 Å². The average molecular weight is 249 g/mol. The molecule has 0 unspecified atom stereocenters. The highest BCUT2D eigenvalue weighted by Crippen LogP contribution is 2.17. The van der Waals surface area contributed by atoms with Crippen molar-refractivity contribution < 1.29 is 9.90 Å². The van der Waals surface area contributed by atoms with E-state index in [1.54, 1.807) is 17.8 Å². The predicted molar refractivity (Wildman–Crippen MR) is 70.7 cm³/mol. The number of aliphatic hydroxyl groups is 1. The smallest absolute Gasteiger partial charge is 0.244 e. The Morgan fingerprint density at radius 1 is 1.35 bits per heavy atom. The molecule has 3 nitrogen and oxygen atoms in total. The summed E-state index contributed by atoms with van der Waals surface area (Å²) < 4.78 is 0. The molecular formula is C13H15NO2S. The topological polar surface area (TPSA) is 49.3 Å². The molecule has 0 spiro atoms. The fourth-order valence-corrected chi connectivity index (χ4v) is 2.82. The first-order chi connectivity index (χ1) is 8.25. The van der Waals surface area contributed by atoms with Crippen LogP contribution in [0.15, 0.2) is 36.4 Å². The molecule has 0 saturated carbocycles. The third kappa shape index (κ3) is 3.61. The van der Waals surface area contributed by atoms with Gasteiger partial charge in [-0.15, -0.1) is 0 Å². The normalized spacial score (nSPS) is 24.1. The molecule has 1 fully saturated rings. The number of benzene rings is 1. The summed E-state index contributed by atoms with van der Waals surface area (Å²) in [4.78, 5) is 11.6. The summed E-state index contributed by atoms with van der Waals surface area (Å²) in [6.07, 6.45) is 2.85. The van der Waals surface area contributed by atoms with Gasteiger partial charge >= 0.3 is 0 Å². The summed E-state index contributed by atoms with van der Waals surface area (Å²) >= 11 is 1.66. The van der Waals surface area contributed by atoms with Crippen molar-refractivity contribution in [2.45, 2.75) is 12.1 Å². The van der Waals surface area contributed by atoms with E-state index in [9.17, 15) is 9.90 Å². The Bertz CT molecular complexity index is 405. The highest BCUT2D eigenvalue weighted by Gasteiger charge is 2.26. The standard InChI is InChI=1S/C13H15NO2S/c15-12-9-17-8-11(12)14-13(16)7-6-10-4-2-1-3-5-10/h1-7,11-12,15H,8-9H2,(H,14,16)/b7-6+/t11-,12-/m1/s1. The quantitative estimate of drug-likeness (QED) is 0.794. The first-order valence-corrected chi connectivity index (χ1v) is 6.70. The van der Waals surface area contributed by atoms with Crippen molar-refractivity contribution in [2.24, 2.45) is 0 Å². The van der Waals surface area contributed by atoms with Crippen LogP contribution in [0.25, 0.3) is 6.08 Å². The zero-order valence-corrected chi connectivity index (χ0v) is 10.2. The van der Waals surface area contributed by atoms with Crippen molar-refractivity contribution in [2.75, 3.05) is 11.5 Å². The van der Waals surface area contributed by atoms with Crippen molar-refractivity contribution in [1.29, 1.82) is 0 Å². The lowest BCUT2D eigenvalue weighted by molar-refractivity contribution is -0.117. The lowest BCUT2D eigenvalue weighted by Gasteiger charge is -2.13. The minimum atomic E-state index is -0.422. The first kappa shape index (κ1) is 12.2. The molecule has 1 saturated heterocycles. The van der Waals surface area contributed by atoms with E-state index in [4.69, 9.17) is 0 Å². The van der Waals surface area contributed by atoms with Crippen LogP contribution < -0.4 is 5.32 Å². The van der Waals surface area contributed by atoms with Crippen LogP contribution in [0, 0.1) is 0 Å². The summed E-state index contributed by atoms with van der Waals surface area (Å²) in [7, 11) is 0. The van der Waals surface area contributed by atoms with Crippen LogP contribution in [0.5, 0.6) is 0 Å². The maximum absolute atomic E-state index is 11.6. The van der Waals surface area contributed by atoms with Gasteiger partial charge in [0.2, 0.25) is 5.91 Å². The number of amides is 1. The van der Waals surface area contributed by atoms with Crippen LogP contribution in [0.2, 0.25) is 0 Å². The number of carbonyl (C=O) groups is 1. The van der Waals surface area contributed by atoms with Gasteiger partial charge in [-0.1, -0.05) is 30.3 Å². The lowest BCUT2D eigenvalue weighted by atomic mass is 10.2. The fraction of sp³-hybridized carbons (Fsp3) is 0.308. The summed E-state index contributed by atoms with van der Waals surface area (Å²) in [6.45, 7) is 0. The molecule has 2 atom stereocenters. The number of aliphatic hydroxyl groups excluding tert-OH is 1. The summed E-state index contributed by atoms with van der Waals surface area (Å²) in [6, 6.07) is 9.54. The molecule has 2 N–H and O–H groups in total. The molecule has 1 amide bonds. The Labute approximate surface area is 105 Å². The predicted octanol–water partition coefficient (Wildman–Crippen LogP) is 1.29. The second kappa shape index (κ2) is 5.89. The molecule has 1 aliphatic rings. The van der Waals surface area contributed by atoms with Gasteiger partial charge in [0, 0.05) is 17.6 Å². The number of hydrogen-bond donors (Lipinski definition) is 2. The monoisotopic (exact) mass is 249 g/mol. The molecule has 1 aromatic rings. The molecule has 0 aliphatic carbocycles. The zero-order valence-electron chi connectivity index (χ0n) is 9.37. The average Bonchev–Trinajstić information content (AvgIpc) is 2.74. The largest absolute Gasteiger partial charge is 0.390 e. The molecule has 1 aliphatic heterocycles. The van der Waals surface area contributed by atoms with Crippen molar-refractivity contribution >= 4 is 23.7 Å². The van der Waals surface area contributed by atoms with E-state index in [0.717, 1.165) is 11.3 Å². The van der Waals surface area contributed by atoms with E-state index in [1.165, 1.54) is 6.08 Å². The zero-order chi connectivity index (χ0) is 12.1. The molecule has 17 heavy (non-hydrogen) atoms. The van der Waals surface area contributed by atoms with Gasteiger partial charge < -0.3 is 10.4 Å². The first-order valence-electron chi connectivity index (χ1n) is 5.55. The molecular weight excluding hydrogens is 234 g/mol. The third-order valence-corrected chi connectivity index (χ3v) is 3.78. The Morgan fingerprint density at radius 2 is 2.12 bits per heavy atom. The molecule has 1 heterocycles. The van der Waals surface area contributed by atoms with Gasteiger partial charge in [-0.25, -0.2) is 0 Å². The minimum Gasteiger partial charge on any atom is -0.390 e. The molecule has 1 aromatic carbocycles. The molecule has 0 radical (unpaired) electrons. The van der Waals surface area contributed by atoms with Gasteiger partial charge in [0.15, 0.2) is 0 Å². The Kier molecular flexibility index (Phi) is 4.23. The van der Waals surface area contributed by atoms with Crippen LogP contribution in [0.3, 0.4) is 0 Å². The number of nitrogens with one attached hydrogen (secondary N) is 1. The Morgan fingerprint density at radius 3 is 2.76 bits per heavy atom. The number of thioether (sulfide) groups is 1. The van der Waals surface area contributed by atoms with Crippen molar-refractivity contribution in [3.63, 3.8) is 0 Å². The van der Waals surface area contributed by atoms with Crippen molar-refractivity contribution in [3.8, 4) is 0 Å². The van der Waals surface area contributed by atoms with Gasteiger partial charge in [0.1, 0.15) is 0 Å². The van der Waals surface area contributed by atoms with Crippen LogP contribution in [0.1, 0.15) is 5.56 Å². The SMILES string of the molecule is O=C(/C=C/c1ccccc1)N[C@@H]1CSC[C@H]1O. The van der Waals surface area contributed by atoms with Crippen LogP contribution >= 0.6 is 11.8 Å². The molecule has 2 rings (SSSR count). The molecule has 0 bridgehead atoms. The van der Waals surface area contributed by atoms with Crippen LogP contribution in [-0.2, 0) is 4.79 Å². The lowest BCUT2D eigenvalue weighted by Crippen LogP contribution is -2.41. The second-order valence-electron chi connectivity index (χ2n) is 3.96. The van der Waals surface area contributed by atoms with Crippen molar-refractivity contribution in [3.05, 3.63) is 42.0 Å². The maximum atomic E-state index is 11.6. The fourth-order valence-electron chi connectivity index (χ4n) is 1.65. The Hall–Kier alpha value is -1.26. The molecule has 90 valence electrons.